The normalized spacial score (nSPS) is 15.4. The largest absolute Gasteiger partial charge is 0.490 e. The predicted molar refractivity (Wildman–Crippen MR) is 158 cm³/mol. The number of rotatable bonds is 15. The molecule has 1 fully saturated rings. The average Bonchev–Trinajstić information content (AvgIpc) is 3.68. The van der Waals surface area contributed by atoms with E-state index in [1.165, 1.54) is 19.3 Å². The number of aliphatic hydroxyl groups is 2. The number of fused-ring (bicyclic) bond motifs is 2. The van der Waals surface area contributed by atoms with Gasteiger partial charge in [0.2, 0.25) is 13.6 Å². The molecule has 0 amide bonds. The number of carbonyl (C=O) groups is 3. The standard InChI is InChI=1S/C25H31NO7.C6H8O7/c27-25(9-4-12-26-10-2-1-3-11-26,15-28-19-5-7-21-23(13-19)32-17-30-21)16-29-20-6-8-22-24(14-20)33-18-31-22;7-3(8)1-6(13,5(11)12)2-4(9)10/h5-8,13-14,27H,1-4,9-12,15-18H2;13H,1-2H2,(H,7,8)(H,9,10)(H,11,12). The number of ether oxygens (including phenoxy) is 6. The smallest absolute Gasteiger partial charge is 0.336 e. The van der Waals surface area contributed by atoms with Gasteiger partial charge in [-0.05, 0) is 69.6 Å². The summed E-state index contributed by atoms with van der Waals surface area (Å²) in [6.07, 6.45) is 2.97. The second kappa shape index (κ2) is 15.7. The van der Waals surface area contributed by atoms with Gasteiger partial charge in [-0.3, -0.25) is 9.59 Å². The van der Waals surface area contributed by atoms with Crippen molar-refractivity contribution < 1.29 is 68.3 Å². The second-order valence-corrected chi connectivity index (χ2v) is 11.3. The van der Waals surface area contributed by atoms with E-state index in [0.29, 0.717) is 40.9 Å². The molecular formula is C31H39NO14. The molecule has 2 aromatic carbocycles. The molecule has 0 aliphatic carbocycles. The fraction of sp³-hybridized carbons (Fsp3) is 0.516. The van der Waals surface area contributed by atoms with Crippen LogP contribution >= 0.6 is 0 Å². The van der Waals surface area contributed by atoms with Gasteiger partial charge in [-0.25, -0.2) is 4.79 Å². The van der Waals surface area contributed by atoms with Gasteiger partial charge in [0.25, 0.3) is 0 Å². The van der Waals surface area contributed by atoms with Crippen molar-refractivity contribution in [2.24, 2.45) is 0 Å². The van der Waals surface area contributed by atoms with Gasteiger partial charge in [-0.2, -0.15) is 0 Å². The zero-order valence-electron chi connectivity index (χ0n) is 25.2. The van der Waals surface area contributed by atoms with Crippen molar-refractivity contribution in [2.75, 3.05) is 46.4 Å². The molecule has 0 unspecified atom stereocenters. The highest BCUT2D eigenvalue weighted by Crippen LogP contribution is 2.37. The summed E-state index contributed by atoms with van der Waals surface area (Å²) in [6, 6.07) is 10.8. The van der Waals surface area contributed by atoms with E-state index in [0.717, 1.165) is 26.1 Å². The average molecular weight is 650 g/mol. The molecule has 0 aromatic heterocycles. The van der Waals surface area contributed by atoms with Gasteiger partial charge >= 0.3 is 17.9 Å². The molecule has 0 radical (unpaired) electrons. The van der Waals surface area contributed by atoms with Crippen LogP contribution < -0.4 is 28.4 Å². The number of carboxylic acid groups (broad SMARTS) is 3. The molecule has 2 aromatic rings. The Hall–Kier alpha value is -4.47. The maximum absolute atomic E-state index is 11.5. The lowest BCUT2D eigenvalue weighted by Crippen LogP contribution is -2.43. The van der Waals surface area contributed by atoms with E-state index in [1.807, 2.05) is 24.3 Å². The van der Waals surface area contributed by atoms with Gasteiger partial charge in [0, 0.05) is 12.1 Å². The number of carboxylic acids is 3. The van der Waals surface area contributed by atoms with Crippen molar-refractivity contribution in [2.45, 2.75) is 56.1 Å². The summed E-state index contributed by atoms with van der Waals surface area (Å²) < 4.78 is 33.5. The Morgan fingerprint density at radius 1 is 0.717 bits per heavy atom. The molecule has 1 saturated heterocycles. The van der Waals surface area contributed by atoms with E-state index < -0.39 is 42.0 Å². The van der Waals surface area contributed by atoms with Crippen LogP contribution in [0.2, 0.25) is 0 Å². The third-order valence-corrected chi connectivity index (χ3v) is 7.55. The first-order valence-corrected chi connectivity index (χ1v) is 14.8. The Morgan fingerprint density at radius 2 is 1.20 bits per heavy atom. The number of aliphatic carboxylic acids is 3. The molecule has 3 aliphatic rings. The molecule has 5 rings (SSSR count). The van der Waals surface area contributed by atoms with Crippen LogP contribution in [0, 0.1) is 0 Å². The Balaban J connectivity index is 0.000000315. The van der Waals surface area contributed by atoms with Crippen LogP contribution in [0.25, 0.3) is 0 Å². The molecule has 5 N–H and O–H groups in total. The lowest BCUT2D eigenvalue weighted by Gasteiger charge is -2.31. The zero-order chi connectivity index (χ0) is 33.2. The fourth-order valence-electron chi connectivity index (χ4n) is 5.08. The van der Waals surface area contributed by atoms with E-state index in [9.17, 15) is 19.5 Å². The van der Waals surface area contributed by atoms with Crippen LogP contribution in [0.1, 0.15) is 44.9 Å². The fourth-order valence-corrected chi connectivity index (χ4v) is 5.08. The van der Waals surface area contributed by atoms with E-state index >= 15 is 0 Å². The molecule has 0 bridgehead atoms. The third-order valence-electron chi connectivity index (χ3n) is 7.55. The molecule has 3 heterocycles. The summed E-state index contributed by atoms with van der Waals surface area (Å²) in [6.45, 7) is 3.88. The van der Waals surface area contributed by atoms with Crippen molar-refractivity contribution in [3.63, 3.8) is 0 Å². The number of likely N-dealkylation sites (tertiary alicyclic amines) is 1. The monoisotopic (exact) mass is 649 g/mol. The maximum Gasteiger partial charge on any atom is 0.336 e. The van der Waals surface area contributed by atoms with Crippen molar-refractivity contribution in [1.82, 2.24) is 4.90 Å². The van der Waals surface area contributed by atoms with Crippen LogP contribution in [0.5, 0.6) is 34.5 Å². The lowest BCUT2D eigenvalue weighted by molar-refractivity contribution is -0.170. The van der Waals surface area contributed by atoms with Crippen LogP contribution in [-0.2, 0) is 14.4 Å². The quantitative estimate of drug-likeness (QED) is 0.187. The topological polar surface area (TPSA) is 211 Å². The Kier molecular flexibility index (Phi) is 11.7. The molecule has 252 valence electrons. The minimum Gasteiger partial charge on any atom is -0.490 e. The van der Waals surface area contributed by atoms with E-state index in [4.69, 9.17) is 48.8 Å². The first-order valence-electron chi connectivity index (χ1n) is 14.8. The summed E-state index contributed by atoms with van der Waals surface area (Å²) in [7, 11) is 0. The number of hydrogen-bond acceptors (Lipinski definition) is 12. The van der Waals surface area contributed by atoms with Crippen molar-refractivity contribution >= 4 is 17.9 Å². The van der Waals surface area contributed by atoms with Crippen LogP contribution in [0.3, 0.4) is 0 Å². The molecule has 0 saturated carbocycles. The number of piperidine rings is 1. The number of hydrogen-bond donors (Lipinski definition) is 5. The Morgan fingerprint density at radius 3 is 1.65 bits per heavy atom. The van der Waals surface area contributed by atoms with Gasteiger partial charge < -0.3 is 58.9 Å². The number of benzene rings is 2. The SMILES string of the molecule is O=C(O)CC(O)(CC(=O)O)C(=O)O.OC(CCCN1CCCCC1)(COc1ccc2c(c1)OCO2)COc1ccc2c(c1)OCO2. The third kappa shape index (κ3) is 10.0. The number of nitrogens with zero attached hydrogens (tertiary/aromatic N) is 1. The molecule has 0 spiro atoms. The summed E-state index contributed by atoms with van der Waals surface area (Å²) in [5, 5.41) is 45.3. The highest BCUT2D eigenvalue weighted by Gasteiger charge is 2.40. The summed E-state index contributed by atoms with van der Waals surface area (Å²) in [4.78, 5) is 33.0. The van der Waals surface area contributed by atoms with Crippen molar-refractivity contribution in [3.05, 3.63) is 36.4 Å². The van der Waals surface area contributed by atoms with Gasteiger partial charge in [0.15, 0.2) is 28.6 Å². The zero-order valence-corrected chi connectivity index (χ0v) is 25.2. The van der Waals surface area contributed by atoms with E-state index in [1.54, 1.807) is 12.1 Å². The molecule has 3 aliphatic heterocycles. The first kappa shape index (κ1) is 34.4. The highest BCUT2D eigenvalue weighted by molar-refractivity contribution is 5.88. The lowest BCUT2D eigenvalue weighted by atomic mass is 9.96. The van der Waals surface area contributed by atoms with Crippen LogP contribution in [0.4, 0.5) is 0 Å². The molecule has 46 heavy (non-hydrogen) atoms. The van der Waals surface area contributed by atoms with E-state index in [2.05, 4.69) is 4.90 Å². The van der Waals surface area contributed by atoms with E-state index in [-0.39, 0.29) is 26.8 Å². The minimum atomic E-state index is -2.74. The molecule has 0 atom stereocenters. The summed E-state index contributed by atoms with van der Waals surface area (Å²) in [5.41, 5.74) is -3.89. The Bertz CT molecular complexity index is 1280. The molecule has 15 nitrogen and oxygen atoms in total. The Labute approximate surface area is 264 Å². The van der Waals surface area contributed by atoms with Gasteiger partial charge in [-0.1, -0.05) is 6.42 Å². The van der Waals surface area contributed by atoms with Gasteiger partial charge in [-0.15, -0.1) is 0 Å². The molecule has 15 heteroatoms. The second-order valence-electron chi connectivity index (χ2n) is 11.3. The minimum absolute atomic E-state index is 0.108. The summed E-state index contributed by atoms with van der Waals surface area (Å²) in [5.74, 6) is -1.07. The van der Waals surface area contributed by atoms with Gasteiger partial charge in [0.05, 0.1) is 12.8 Å². The first-order chi connectivity index (χ1) is 21.9. The maximum atomic E-state index is 11.5. The van der Waals surface area contributed by atoms with Crippen molar-refractivity contribution in [1.29, 1.82) is 0 Å². The van der Waals surface area contributed by atoms with Gasteiger partial charge in [0.1, 0.15) is 30.3 Å². The van der Waals surface area contributed by atoms with Crippen molar-refractivity contribution in [3.8, 4) is 34.5 Å². The highest BCUT2D eigenvalue weighted by atomic mass is 16.7. The molecular weight excluding hydrogens is 610 g/mol. The van der Waals surface area contributed by atoms with Crippen LogP contribution in [-0.4, -0.2) is 106 Å². The van der Waals surface area contributed by atoms with Crippen LogP contribution in [0.15, 0.2) is 36.4 Å². The summed E-state index contributed by atoms with van der Waals surface area (Å²) >= 11 is 0. The predicted octanol–water partition coefficient (Wildman–Crippen LogP) is 2.35.